The van der Waals surface area contributed by atoms with Crippen LogP contribution < -0.4 is 0 Å². The number of rotatable bonds is 5. The van der Waals surface area contributed by atoms with Gasteiger partial charge in [0.25, 0.3) is 0 Å². The third-order valence-electron chi connectivity index (χ3n) is 9.77. The minimum absolute atomic E-state index is 0.906. The van der Waals surface area contributed by atoms with E-state index in [4.69, 9.17) is 4.42 Å². The second-order valence-corrected chi connectivity index (χ2v) is 13.9. The van der Waals surface area contributed by atoms with Gasteiger partial charge in [-0.25, -0.2) is 0 Å². The van der Waals surface area contributed by atoms with Crippen molar-refractivity contribution in [2.75, 3.05) is 0 Å². The first-order chi connectivity index (χ1) is 24.7. The minimum Gasteiger partial charge on any atom is -0.456 e. The fraction of sp³-hybridized carbons (Fsp3) is 0. The van der Waals surface area contributed by atoms with Crippen LogP contribution >= 0.6 is 11.3 Å². The molecule has 0 bridgehead atoms. The van der Waals surface area contributed by atoms with Crippen molar-refractivity contribution in [2.24, 2.45) is 0 Å². The number of aromatic nitrogens is 1. The molecule has 3 aromatic heterocycles. The third kappa shape index (κ3) is 4.99. The van der Waals surface area contributed by atoms with Crippen molar-refractivity contribution in [1.82, 2.24) is 4.98 Å². The molecule has 0 amide bonds. The Labute approximate surface area is 293 Å². The van der Waals surface area contributed by atoms with E-state index in [0.29, 0.717) is 0 Å². The number of benzene rings is 7. The summed E-state index contributed by atoms with van der Waals surface area (Å²) in [5.74, 6) is 0. The summed E-state index contributed by atoms with van der Waals surface area (Å²) in [5.41, 5.74) is 13.7. The summed E-state index contributed by atoms with van der Waals surface area (Å²) < 4.78 is 8.86. The summed E-state index contributed by atoms with van der Waals surface area (Å²) in [6.07, 6.45) is 3.74. The van der Waals surface area contributed by atoms with E-state index in [1.54, 1.807) is 0 Å². The Kier molecular flexibility index (Phi) is 6.71. The normalized spacial score (nSPS) is 11.6. The zero-order valence-corrected chi connectivity index (χ0v) is 27.8. The molecule has 0 fully saturated rings. The van der Waals surface area contributed by atoms with Crippen molar-refractivity contribution in [3.05, 3.63) is 176 Å². The molecule has 0 radical (unpaired) electrons. The molecule has 0 aliphatic rings. The first-order valence-electron chi connectivity index (χ1n) is 16.8. The molecule has 7 aromatic carbocycles. The highest BCUT2D eigenvalue weighted by Crippen LogP contribution is 2.40. The Balaban J connectivity index is 1.02. The van der Waals surface area contributed by atoms with Crippen molar-refractivity contribution >= 4 is 53.4 Å². The van der Waals surface area contributed by atoms with E-state index in [-0.39, 0.29) is 0 Å². The summed E-state index contributed by atoms with van der Waals surface area (Å²) in [4.78, 5) is 4.32. The van der Waals surface area contributed by atoms with Crippen LogP contribution in [-0.2, 0) is 0 Å². The largest absolute Gasteiger partial charge is 0.456 e. The third-order valence-corrected chi connectivity index (χ3v) is 10.9. The lowest BCUT2D eigenvalue weighted by Crippen LogP contribution is -1.83. The van der Waals surface area contributed by atoms with Crippen LogP contribution in [0.15, 0.2) is 181 Å². The second kappa shape index (κ2) is 11.7. The molecule has 50 heavy (non-hydrogen) atoms. The maximum atomic E-state index is 6.26. The summed E-state index contributed by atoms with van der Waals surface area (Å²) in [7, 11) is 0. The molecule has 0 aliphatic heterocycles. The molecule has 0 saturated carbocycles. The van der Waals surface area contributed by atoms with E-state index < -0.39 is 0 Å². The standard InChI is InChI=1S/C47H29NOS/c1-2-7-30(8-3-1)35-14-18-44-40(25-35)41-26-36(15-19-45(41)49-44)31-9-4-10-32(23-31)37-16-20-46-42(27-37)43-28-38(17-21-47(43)50-46)33-11-5-12-34(24-33)39-13-6-22-48-29-39/h1-29H. The first kappa shape index (κ1) is 28.7. The Morgan fingerprint density at radius 3 is 1.32 bits per heavy atom. The van der Waals surface area contributed by atoms with Crippen LogP contribution in [0.5, 0.6) is 0 Å². The number of furan rings is 1. The molecular formula is C47H29NOS. The lowest BCUT2D eigenvalue weighted by atomic mass is 9.96. The van der Waals surface area contributed by atoms with Crippen LogP contribution in [0, 0.1) is 0 Å². The highest BCUT2D eigenvalue weighted by atomic mass is 32.1. The maximum absolute atomic E-state index is 6.26. The van der Waals surface area contributed by atoms with Gasteiger partial charge in [0.05, 0.1) is 0 Å². The molecule has 2 nitrogen and oxygen atoms in total. The van der Waals surface area contributed by atoms with Gasteiger partial charge >= 0.3 is 0 Å². The zero-order chi connectivity index (χ0) is 33.0. The maximum Gasteiger partial charge on any atom is 0.135 e. The lowest BCUT2D eigenvalue weighted by Gasteiger charge is -2.08. The average molecular weight is 656 g/mol. The molecule has 3 heterocycles. The van der Waals surface area contributed by atoms with E-state index in [9.17, 15) is 0 Å². The van der Waals surface area contributed by atoms with Crippen molar-refractivity contribution in [3.63, 3.8) is 0 Å². The molecular weight excluding hydrogens is 627 g/mol. The van der Waals surface area contributed by atoms with Gasteiger partial charge in [0, 0.05) is 48.9 Å². The minimum atomic E-state index is 0.906. The smallest absolute Gasteiger partial charge is 0.135 e. The Morgan fingerprint density at radius 1 is 0.340 bits per heavy atom. The second-order valence-electron chi connectivity index (χ2n) is 12.8. The van der Waals surface area contributed by atoms with Crippen molar-refractivity contribution < 1.29 is 4.42 Å². The molecule has 0 atom stereocenters. The van der Waals surface area contributed by atoms with Crippen LogP contribution in [-0.4, -0.2) is 4.98 Å². The van der Waals surface area contributed by atoms with Gasteiger partial charge in [-0.3, -0.25) is 4.98 Å². The Hall–Kier alpha value is -6.29. The highest BCUT2D eigenvalue weighted by molar-refractivity contribution is 7.25. The van der Waals surface area contributed by atoms with Crippen LogP contribution in [0.25, 0.3) is 97.7 Å². The van der Waals surface area contributed by atoms with Gasteiger partial charge in [-0.1, -0.05) is 97.1 Å². The van der Waals surface area contributed by atoms with Gasteiger partial charge in [-0.05, 0) is 117 Å². The van der Waals surface area contributed by atoms with Gasteiger partial charge < -0.3 is 4.42 Å². The van der Waals surface area contributed by atoms with Crippen LogP contribution in [0.4, 0.5) is 0 Å². The van der Waals surface area contributed by atoms with E-state index in [2.05, 4.69) is 163 Å². The van der Waals surface area contributed by atoms with Gasteiger partial charge in [-0.2, -0.15) is 0 Å². The monoisotopic (exact) mass is 655 g/mol. The van der Waals surface area contributed by atoms with E-state index >= 15 is 0 Å². The van der Waals surface area contributed by atoms with Gasteiger partial charge in [0.15, 0.2) is 0 Å². The number of pyridine rings is 1. The molecule has 10 rings (SSSR count). The predicted octanol–water partition coefficient (Wildman–Crippen LogP) is 13.7. The van der Waals surface area contributed by atoms with Crippen molar-refractivity contribution in [3.8, 4) is 55.6 Å². The fourth-order valence-electron chi connectivity index (χ4n) is 7.19. The van der Waals surface area contributed by atoms with Gasteiger partial charge in [-0.15, -0.1) is 11.3 Å². The Bertz CT molecular complexity index is 2860. The van der Waals surface area contributed by atoms with Crippen molar-refractivity contribution in [1.29, 1.82) is 0 Å². The average Bonchev–Trinajstić information content (AvgIpc) is 3.75. The summed E-state index contributed by atoms with van der Waals surface area (Å²) >= 11 is 1.85. The molecule has 0 spiro atoms. The first-order valence-corrected chi connectivity index (χ1v) is 17.6. The number of fused-ring (bicyclic) bond motifs is 6. The summed E-state index contributed by atoms with van der Waals surface area (Å²) in [6.45, 7) is 0. The van der Waals surface area contributed by atoms with Crippen LogP contribution in [0.2, 0.25) is 0 Å². The quantitative estimate of drug-likeness (QED) is 0.184. The van der Waals surface area contributed by atoms with Crippen LogP contribution in [0.1, 0.15) is 0 Å². The summed E-state index contributed by atoms with van der Waals surface area (Å²) in [6, 6.07) is 59.0. The van der Waals surface area contributed by atoms with E-state index in [0.717, 1.165) is 27.5 Å². The molecule has 3 heteroatoms. The number of thiophene rings is 1. The molecule has 0 saturated heterocycles. The molecule has 0 unspecified atom stereocenters. The number of hydrogen-bond acceptors (Lipinski definition) is 3. The molecule has 10 aromatic rings. The van der Waals surface area contributed by atoms with Crippen LogP contribution in [0.3, 0.4) is 0 Å². The SMILES string of the molecule is c1ccc(-c2ccc3oc4ccc(-c5cccc(-c6ccc7sc8ccc(-c9cccc(-c%10cccnc%10)c9)cc8c7c6)c5)cc4c3c2)cc1. The summed E-state index contributed by atoms with van der Waals surface area (Å²) in [5, 5.41) is 4.85. The number of nitrogens with zero attached hydrogens (tertiary/aromatic N) is 1. The highest BCUT2D eigenvalue weighted by Gasteiger charge is 2.13. The molecule has 234 valence electrons. The molecule has 0 aliphatic carbocycles. The topological polar surface area (TPSA) is 26.0 Å². The lowest BCUT2D eigenvalue weighted by molar-refractivity contribution is 0.669. The number of hydrogen-bond donors (Lipinski definition) is 0. The zero-order valence-electron chi connectivity index (χ0n) is 27.0. The fourth-order valence-corrected chi connectivity index (χ4v) is 8.26. The van der Waals surface area contributed by atoms with Gasteiger partial charge in [0.2, 0.25) is 0 Å². The van der Waals surface area contributed by atoms with E-state index in [1.165, 1.54) is 70.2 Å². The predicted molar refractivity (Wildman–Crippen MR) is 212 cm³/mol. The molecule has 0 N–H and O–H groups in total. The van der Waals surface area contributed by atoms with E-state index in [1.807, 2.05) is 29.8 Å². The van der Waals surface area contributed by atoms with Gasteiger partial charge in [0.1, 0.15) is 11.2 Å². The van der Waals surface area contributed by atoms with Crippen molar-refractivity contribution in [2.45, 2.75) is 0 Å². The Morgan fingerprint density at radius 2 is 0.780 bits per heavy atom.